The number of nitrogens with one attached hydrogen (secondary N) is 2. The van der Waals surface area contributed by atoms with Gasteiger partial charge in [-0.05, 0) is 48.6 Å². The standard InChI is InChI=1S/C23H24FN3O3/c24-19-7-5-16(6-8-19)14-25-23(29)26-15-17-9-11-27(12-10-17)22(28)21-13-18-3-1-2-4-20(18)30-21/h1-8,13,17H,9-12,14-15H2,(H2,25,26,29). The summed E-state index contributed by atoms with van der Waals surface area (Å²) in [6, 6.07) is 15.1. The third-order valence-corrected chi connectivity index (χ3v) is 5.46. The molecule has 3 amide bonds. The number of para-hydroxylation sites is 1. The summed E-state index contributed by atoms with van der Waals surface area (Å²) in [4.78, 5) is 26.5. The van der Waals surface area contributed by atoms with Crippen LogP contribution < -0.4 is 10.6 Å². The first-order valence-corrected chi connectivity index (χ1v) is 10.1. The molecule has 1 saturated heterocycles. The van der Waals surface area contributed by atoms with Crippen molar-refractivity contribution in [2.75, 3.05) is 19.6 Å². The topological polar surface area (TPSA) is 74.6 Å². The summed E-state index contributed by atoms with van der Waals surface area (Å²) in [7, 11) is 0. The van der Waals surface area contributed by atoms with Crippen LogP contribution in [0.15, 0.2) is 59.0 Å². The highest BCUT2D eigenvalue weighted by atomic mass is 19.1. The fraction of sp³-hybridized carbons (Fsp3) is 0.304. The van der Waals surface area contributed by atoms with Gasteiger partial charge in [0.05, 0.1) is 0 Å². The van der Waals surface area contributed by atoms with E-state index < -0.39 is 0 Å². The first kappa shape index (κ1) is 19.9. The zero-order valence-electron chi connectivity index (χ0n) is 16.6. The van der Waals surface area contributed by atoms with Crippen LogP contribution in [0.1, 0.15) is 29.0 Å². The van der Waals surface area contributed by atoms with E-state index in [0.29, 0.717) is 43.4 Å². The third kappa shape index (κ3) is 4.79. The highest BCUT2D eigenvalue weighted by molar-refractivity contribution is 5.96. The number of piperidine rings is 1. The van der Waals surface area contributed by atoms with Crippen LogP contribution >= 0.6 is 0 Å². The number of furan rings is 1. The Morgan fingerprint density at radius 3 is 2.50 bits per heavy atom. The third-order valence-electron chi connectivity index (χ3n) is 5.46. The number of likely N-dealkylation sites (tertiary alicyclic amines) is 1. The minimum atomic E-state index is -0.298. The lowest BCUT2D eigenvalue weighted by Crippen LogP contribution is -2.43. The molecule has 2 heterocycles. The first-order valence-electron chi connectivity index (χ1n) is 10.1. The normalized spacial score (nSPS) is 14.6. The van der Waals surface area contributed by atoms with Crippen molar-refractivity contribution in [2.45, 2.75) is 19.4 Å². The van der Waals surface area contributed by atoms with Crippen LogP contribution in [0, 0.1) is 11.7 Å². The Kier molecular flexibility index (Phi) is 5.97. The van der Waals surface area contributed by atoms with Crippen molar-refractivity contribution in [3.8, 4) is 0 Å². The molecule has 6 nitrogen and oxygen atoms in total. The van der Waals surface area contributed by atoms with E-state index in [1.807, 2.05) is 29.2 Å². The second kappa shape index (κ2) is 8.98. The molecule has 0 aliphatic carbocycles. The fourth-order valence-corrected chi connectivity index (χ4v) is 3.67. The van der Waals surface area contributed by atoms with Gasteiger partial charge < -0.3 is 20.0 Å². The van der Waals surface area contributed by atoms with Crippen molar-refractivity contribution in [3.63, 3.8) is 0 Å². The lowest BCUT2D eigenvalue weighted by Gasteiger charge is -2.31. The zero-order valence-corrected chi connectivity index (χ0v) is 16.6. The number of halogens is 1. The quantitative estimate of drug-likeness (QED) is 0.671. The van der Waals surface area contributed by atoms with E-state index in [4.69, 9.17) is 4.42 Å². The number of rotatable bonds is 5. The second-order valence-corrected chi connectivity index (χ2v) is 7.57. The maximum Gasteiger partial charge on any atom is 0.315 e. The number of fused-ring (bicyclic) bond motifs is 1. The molecule has 156 valence electrons. The molecular weight excluding hydrogens is 385 g/mol. The number of urea groups is 1. The van der Waals surface area contributed by atoms with Crippen LogP contribution in [0.25, 0.3) is 11.0 Å². The summed E-state index contributed by atoms with van der Waals surface area (Å²) in [5.74, 6) is 0.303. The van der Waals surface area contributed by atoms with E-state index in [-0.39, 0.29) is 17.8 Å². The Morgan fingerprint density at radius 2 is 1.77 bits per heavy atom. The number of hydrogen-bond acceptors (Lipinski definition) is 3. The number of amides is 3. The lowest BCUT2D eigenvalue weighted by atomic mass is 9.96. The SMILES string of the molecule is O=C(NCc1ccc(F)cc1)NCC1CCN(C(=O)c2cc3ccccc3o2)CC1. The Bertz CT molecular complexity index is 991. The van der Waals surface area contributed by atoms with Crippen LogP contribution in [-0.4, -0.2) is 36.5 Å². The molecule has 3 aromatic rings. The number of nitrogens with zero attached hydrogens (tertiary/aromatic N) is 1. The smallest absolute Gasteiger partial charge is 0.315 e. The molecule has 2 aromatic carbocycles. The number of carbonyl (C=O) groups is 2. The van der Waals surface area contributed by atoms with E-state index in [1.54, 1.807) is 18.2 Å². The molecule has 4 rings (SSSR count). The molecule has 0 spiro atoms. The average molecular weight is 409 g/mol. The fourth-order valence-electron chi connectivity index (χ4n) is 3.67. The molecule has 1 fully saturated rings. The maximum absolute atomic E-state index is 12.9. The Labute approximate surface area is 174 Å². The molecule has 0 bridgehead atoms. The lowest BCUT2D eigenvalue weighted by molar-refractivity contribution is 0.0661. The van der Waals surface area contributed by atoms with Crippen molar-refractivity contribution >= 4 is 22.9 Å². The van der Waals surface area contributed by atoms with E-state index in [9.17, 15) is 14.0 Å². The molecule has 1 aromatic heterocycles. The van der Waals surface area contributed by atoms with Crippen molar-refractivity contribution in [1.29, 1.82) is 0 Å². The average Bonchev–Trinajstić information content (AvgIpc) is 3.21. The molecular formula is C23H24FN3O3. The molecule has 0 atom stereocenters. The van der Waals surface area contributed by atoms with Gasteiger partial charge in [-0.25, -0.2) is 9.18 Å². The van der Waals surface area contributed by atoms with Gasteiger partial charge in [0.2, 0.25) is 0 Å². The van der Waals surface area contributed by atoms with Crippen molar-refractivity contribution < 1.29 is 18.4 Å². The summed E-state index contributed by atoms with van der Waals surface area (Å²) in [5.41, 5.74) is 1.55. The molecule has 0 radical (unpaired) electrons. The van der Waals surface area contributed by atoms with Gasteiger partial charge in [-0.1, -0.05) is 30.3 Å². The molecule has 0 saturated carbocycles. The number of carbonyl (C=O) groups excluding carboxylic acids is 2. The van der Waals surface area contributed by atoms with Crippen LogP contribution in [0.4, 0.5) is 9.18 Å². The zero-order chi connectivity index (χ0) is 20.9. The molecule has 2 N–H and O–H groups in total. The van der Waals surface area contributed by atoms with Crippen molar-refractivity contribution in [1.82, 2.24) is 15.5 Å². The largest absolute Gasteiger partial charge is 0.451 e. The van der Waals surface area contributed by atoms with Crippen LogP contribution in [0.3, 0.4) is 0 Å². The monoisotopic (exact) mass is 409 g/mol. The van der Waals surface area contributed by atoms with E-state index in [2.05, 4.69) is 10.6 Å². The first-order chi connectivity index (χ1) is 14.6. The molecule has 1 aliphatic heterocycles. The van der Waals surface area contributed by atoms with Crippen LogP contribution in [0.5, 0.6) is 0 Å². The van der Waals surface area contributed by atoms with Gasteiger partial charge in [0.1, 0.15) is 11.4 Å². The second-order valence-electron chi connectivity index (χ2n) is 7.57. The summed E-state index contributed by atoms with van der Waals surface area (Å²) in [6.45, 7) is 2.18. The predicted octanol–water partition coefficient (Wildman–Crippen LogP) is 3.92. The Balaban J connectivity index is 1.20. The molecule has 7 heteroatoms. The van der Waals surface area contributed by atoms with Crippen molar-refractivity contribution in [3.05, 3.63) is 71.7 Å². The minimum Gasteiger partial charge on any atom is -0.451 e. The van der Waals surface area contributed by atoms with Gasteiger partial charge in [0.25, 0.3) is 5.91 Å². The number of benzene rings is 2. The van der Waals surface area contributed by atoms with Gasteiger partial charge >= 0.3 is 6.03 Å². The van der Waals surface area contributed by atoms with Gasteiger partial charge in [0, 0.05) is 31.6 Å². The van der Waals surface area contributed by atoms with Gasteiger partial charge in [-0.15, -0.1) is 0 Å². The maximum atomic E-state index is 12.9. The Morgan fingerprint density at radius 1 is 1.03 bits per heavy atom. The highest BCUT2D eigenvalue weighted by Gasteiger charge is 2.25. The summed E-state index contributed by atoms with van der Waals surface area (Å²) < 4.78 is 18.6. The van der Waals surface area contributed by atoms with E-state index in [0.717, 1.165) is 23.8 Å². The van der Waals surface area contributed by atoms with Crippen molar-refractivity contribution in [2.24, 2.45) is 5.92 Å². The summed E-state index contributed by atoms with van der Waals surface area (Å²) >= 11 is 0. The Hall–Kier alpha value is -3.35. The molecule has 30 heavy (non-hydrogen) atoms. The van der Waals surface area contributed by atoms with Crippen LogP contribution in [-0.2, 0) is 6.54 Å². The number of hydrogen-bond donors (Lipinski definition) is 2. The summed E-state index contributed by atoms with van der Waals surface area (Å²) in [5, 5.41) is 6.57. The molecule has 0 unspecified atom stereocenters. The molecule has 1 aliphatic rings. The predicted molar refractivity (Wildman–Crippen MR) is 111 cm³/mol. The van der Waals surface area contributed by atoms with E-state index in [1.165, 1.54) is 12.1 Å². The van der Waals surface area contributed by atoms with E-state index >= 15 is 0 Å². The van der Waals surface area contributed by atoms with Gasteiger partial charge in [-0.2, -0.15) is 0 Å². The summed E-state index contributed by atoms with van der Waals surface area (Å²) in [6.07, 6.45) is 1.65. The highest BCUT2D eigenvalue weighted by Crippen LogP contribution is 2.23. The van der Waals surface area contributed by atoms with Gasteiger partial charge in [0.15, 0.2) is 5.76 Å². The van der Waals surface area contributed by atoms with Gasteiger partial charge in [-0.3, -0.25) is 4.79 Å². The minimum absolute atomic E-state index is 0.0883. The van der Waals surface area contributed by atoms with Crippen LogP contribution in [0.2, 0.25) is 0 Å².